The quantitative estimate of drug-likeness (QED) is 0.804. The SMILES string of the molecule is CC(C)Cc1cc(C(=O)NC[C@]2(O)CCCN(c3cnccn3)C2)on1. The number of hydrogen-bond donors (Lipinski definition) is 2. The molecule has 1 aliphatic heterocycles. The molecule has 1 amide bonds. The second-order valence-corrected chi connectivity index (χ2v) is 7.28. The van der Waals surface area contributed by atoms with Crippen LogP contribution in [-0.4, -0.2) is 51.4 Å². The third kappa shape index (κ3) is 4.57. The van der Waals surface area contributed by atoms with Gasteiger partial charge in [0.1, 0.15) is 5.82 Å². The molecular formula is C18H25N5O3. The van der Waals surface area contributed by atoms with Crippen molar-refractivity contribution >= 4 is 11.7 Å². The summed E-state index contributed by atoms with van der Waals surface area (Å²) in [6.45, 7) is 5.49. The average molecular weight is 359 g/mol. The van der Waals surface area contributed by atoms with Crippen LogP contribution in [0.25, 0.3) is 0 Å². The van der Waals surface area contributed by atoms with Gasteiger partial charge in [0.05, 0.1) is 17.5 Å². The molecule has 8 nitrogen and oxygen atoms in total. The second-order valence-electron chi connectivity index (χ2n) is 7.28. The first kappa shape index (κ1) is 18.3. The Morgan fingerprint density at radius 2 is 2.31 bits per heavy atom. The fraction of sp³-hybridized carbons (Fsp3) is 0.556. The van der Waals surface area contributed by atoms with Gasteiger partial charge in [0, 0.05) is 38.1 Å². The first-order valence-corrected chi connectivity index (χ1v) is 8.92. The van der Waals surface area contributed by atoms with Crippen LogP contribution in [0, 0.1) is 5.92 Å². The average Bonchev–Trinajstić information content (AvgIpc) is 3.08. The highest BCUT2D eigenvalue weighted by molar-refractivity contribution is 5.91. The van der Waals surface area contributed by atoms with Crippen LogP contribution < -0.4 is 10.2 Å². The maximum absolute atomic E-state index is 12.3. The van der Waals surface area contributed by atoms with E-state index < -0.39 is 5.60 Å². The molecule has 1 aliphatic rings. The monoisotopic (exact) mass is 359 g/mol. The van der Waals surface area contributed by atoms with Crippen molar-refractivity contribution in [1.29, 1.82) is 0 Å². The van der Waals surface area contributed by atoms with E-state index >= 15 is 0 Å². The molecule has 8 heteroatoms. The van der Waals surface area contributed by atoms with Crippen molar-refractivity contribution in [2.45, 2.75) is 38.7 Å². The van der Waals surface area contributed by atoms with Crippen LogP contribution in [0.5, 0.6) is 0 Å². The van der Waals surface area contributed by atoms with Gasteiger partial charge in [-0.2, -0.15) is 0 Å². The fourth-order valence-corrected chi connectivity index (χ4v) is 3.17. The van der Waals surface area contributed by atoms with Gasteiger partial charge in [-0.3, -0.25) is 9.78 Å². The predicted octanol–water partition coefficient (Wildman–Crippen LogP) is 1.42. The number of aliphatic hydroxyl groups is 1. The molecule has 0 bridgehead atoms. The molecular weight excluding hydrogens is 334 g/mol. The number of carbonyl (C=O) groups is 1. The molecule has 26 heavy (non-hydrogen) atoms. The summed E-state index contributed by atoms with van der Waals surface area (Å²) in [5, 5.41) is 17.6. The van der Waals surface area contributed by atoms with Crippen molar-refractivity contribution < 1.29 is 14.4 Å². The molecule has 1 fully saturated rings. The van der Waals surface area contributed by atoms with Crippen molar-refractivity contribution in [3.63, 3.8) is 0 Å². The van der Waals surface area contributed by atoms with Gasteiger partial charge in [-0.05, 0) is 25.2 Å². The largest absolute Gasteiger partial charge is 0.386 e. The molecule has 0 spiro atoms. The Bertz CT molecular complexity index is 733. The molecule has 140 valence electrons. The number of carbonyl (C=O) groups excluding carboxylic acids is 1. The number of nitrogens with zero attached hydrogens (tertiary/aromatic N) is 4. The Balaban J connectivity index is 1.57. The summed E-state index contributed by atoms with van der Waals surface area (Å²) < 4.78 is 5.12. The number of nitrogens with one attached hydrogen (secondary N) is 1. The molecule has 0 unspecified atom stereocenters. The molecule has 0 aliphatic carbocycles. The number of β-amino-alcohol motifs (C(OH)–C–C–N with tert-alkyl or cyclic N) is 1. The summed E-state index contributed by atoms with van der Waals surface area (Å²) in [5.41, 5.74) is -0.262. The minimum Gasteiger partial charge on any atom is -0.386 e. The summed E-state index contributed by atoms with van der Waals surface area (Å²) in [5.74, 6) is 0.972. The van der Waals surface area contributed by atoms with Gasteiger partial charge in [-0.1, -0.05) is 19.0 Å². The first-order valence-electron chi connectivity index (χ1n) is 8.92. The van der Waals surface area contributed by atoms with Gasteiger partial charge < -0.3 is 19.8 Å². The van der Waals surface area contributed by atoms with E-state index in [2.05, 4.69) is 34.3 Å². The van der Waals surface area contributed by atoms with Crippen molar-refractivity contribution in [1.82, 2.24) is 20.4 Å². The summed E-state index contributed by atoms with van der Waals surface area (Å²) >= 11 is 0. The summed E-state index contributed by atoms with van der Waals surface area (Å²) in [7, 11) is 0. The topological polar surface area (TPSA) is 104 Å². The molecule has 2 aromatic rings. The van der Waals surface area contributed by atoms with E-state index in [1.807, 2.05) is 4.90 Å². The van der Waals surface area contributed by atoms with Crippen LogP contribution in [0.4, 0.5) is 5.82 Å². The normalized spacial score (nSPS) is 20.4. The number of aromatic nitrogens is 3. The molecule has 2 aromatic heterocycles. The van der Waals surface area contributed by atoms with Crippen LogP contribution in [0.15, 0.2) is 29.2 Å². The number of hydrogen-bond acceptors (Lipinski definition) is 7. The van der Waals surface area contributed by atoms with E-state index in [0.29, 0.717) is 18.9 Å². The van der Waals surface area contributed by atoms with Crippen molar-refractivity contribution in [2.75, 3.05) is 24.5 Å². The molecule has 3 heterocycles. The fourth-order valence-electron chi connectivity index (χ4n) is 3.17. The molecule has 2 N–H and O–H groups in total. The van der Waals surface area contributed by atoms with E-state index in [4.69, 9.17) is 4.52 Å². The maximum atomic E-state index is 12.3. The first-order chi connectivity index (χ1) is 12.5. The van der Waals surface area contributed by atoms with Crippen LogP contribution >= 0.6 is 0 Å². The van der Waals surface area contributed by atoms with Gasteiger partial charge >= 0.3 is 0 Å². The lowest BCUT2D eigenvalue weighted by molar-refractivity contribution is 0.0250. The van der Waals surface area contributed by atoms with Crippen molar-refractivity contribution in [3.8, 4) is 0 Å². The highest BCUT2D eigenvalue weighted by atomic mass is 16.5. The van der Waals surface area contributed by atoms with Gasteiger partial charge in [0.2, 0.25) is 5.76 Å². The molecule has 0 aromatic carbocycles. The molecule has 1 atom stereocenters. The minimum absolute atomic E-state index is 0.142. The smallest absolute Gasteiger partial charge is 0.290 e. The maximum Gasteiger partial charge on any atom is 0.290 e. The van der Waals surface area contributed by atoms with Gasteiger partial charge in [0.15, 0.2) is 0 Å². The third-order valence-electron chi connectivity index (χ3n) is 4.41. The number of piperidine rings is 1. The van der Waals surface area contributed by atoms with E-state index in [-0.39, 0.29) is 18.2 Å². The van der Waals surface area contributed by atoms with Crippen LogP contribution in [0.2, 0.25) is 0 Å². The third-order valence-corrected chi connectivity index (χ3v) is 4.41. The van der Waals surface area contributed by atoms with Crippen molar-refractivity contribution in [3.05, 3.63) is 36.1 Å². The van der Waals surface area contributed by atoms with E-state index in [1.54, 1.807) is 24.7 Å². The Kier molecular flexibility index (Phi) is 5.51. The minimum atomic E-state index is -1.02. The number of anilines is 1. The Morgan fingerprint density at radius 1 is 1.46 bits per heavy atom. The highest BCUT2D eigenvalue weighted by Gasteiger charge is 2.34. The Morgan fingerprint density at radius 3 is 3.04 bits per heavy atom. The van der Waals surface area contributed by atoms with Crippen LogP contribution in [-0.2, 0) is 6.42 Å². The summed E-state index contributed by atoms with van der Waals surface area (Å²) in [6.07, 6.45) is 7.10. The lowest BCUT2D eigenvalue weighted by Gasteiger charge is -2.39. The Labute approximate surface area is 152 Å². The molecule has 0 saturated carbocycles. The number of amides is 1. The zero-order valence-electron chi connectivity index (χ0n) is 15.2. The lowest BCUT2D eigenvalue weighted by Crippen LogP contribution is -2.54. The lowest BCUT2D eigenvalue weighted by atomic mass is 9.92. The summed E-state index contributed by atoms with van der Waals surface area (Å²) in [6, 6.07) is 1.66. The highest BCUT2D eigenvalue weighted by Crippen LogP contribution is 2.24. The standard InChI is InChI=1S/C18H25N5O3/c1-13(2)8-14-9-15(26-22-14)17(24)21-11-18(25)4-3-7-23(12-18)16-10-19-5-6-20-16/h5-6,9-10,13,25H,3-4,7-8,11-12H2,1-2H3,(H,21,24)/t18-/m1/s1. The second kappa shape index (κ2) is 7.82. The summed E-state index contributed by atoms with van der Waals surface area (Å²) in [4.78, 5) is 22.6. The molecule has 0 radical (unpaired) electrons. The van der Waals surface area contributed by atoms with E-state index in [1.165, 1.54) is 0 Å². The Hall–Kier alpha value is -2.48. The zero-order chi connectivity index (χ0) is 18.6. The zero-order valence-corrected chi connectivity index (χ0v) is 15.2. The van der Waals surface area contributed by atoms with Gasteiger partial charge in [-0.25, -0.2) is 4.98 Å². The predicted molar refractivity (Wildman–Crippen MR) is 95.8 cm³/mol. The van der Waals surface area contributed by atoms with Crippen molar-refractivity contribution in [2.24, 2.45) is 5.92 Å². The van der Waals surface area contributed by atoms with Crippen LogP contribution in [0.3, 0.4) is 0 Å². The molecule has 3 rings (SSSR count). The van der Waals surface area contributed by atoms with E-state index in [0.717, 1.165) is 30.9 Å². The van der Waals surface area contributed by atoms with Gasteiger partial charge in [-0.15, -0.1) is 0 Å². The molecule has 1 saturated heterocycles. The van der Waals surface area contributed by atoms with Crippen LogP contribution in [0.1, 0.15) is 42.9 Å². The number of rotatable bonds is 6. The van der Waals surface area contributed by atoms with Gasteiger partial charge in [0.25, 0.3) is 5.91 Å². The van der Waals surface area contributed by atoms with E-state index in [9.17, 15) is 9.90 Å².